The van der Waals surface area contributed by atoms with Gasteiger partial charge in [0.15, 0.2) is 0 Å². The predicted octanol–water partition coefficient (Wildman–Crippen LogP) is 4.18. The monoisotopic (exact) mass is 405 g/mol. The van der Waals surface area contributed by atoms with Gasteiger partial charge in [0, 0.05) is 30.1 Å². The number of nitrogens with zero attached hydrogens (tertiary/aromatic N) is 2. The molecule has 1 N–H and O–H groups in total. The topological polar surface area (TPSA) is 45.2 Å². The summed E-state index contributed by atoms with van der Waals surface area (Å²) in [7, 11) is 0. The fourth-order valence-electron chi connectivity index (χ4n) is 3.85. The van der Waals surface area contributed by atoms with Crippen LogP contribution in [0.25, 0.3) is 10.6 Å². The van der Waals surface area contributed by atoms with Crippen LogP contribution in [-0.2, 0) is 17.6 Å². The Bertz CT molecular complexity index is 910. The first kappa shape index (κ1) is 19.8. The molecule has 2 heterocycles. The maximum atomic E-state index is 12.5. The maximum absolute atomic E-state index is 12.5. The molecule has 0 radical (unpaired) electrons. The van der Waals surface area contributed by atoms with Crippen molar-refractivity contribution < 1.29 is 4.79 Å². The Balaban J connectivity index is 1.25. The normalized spacial score (nSPS) is 17.2. The van der Waals surface area contributed by atoms with Gasteiger partial charge in [0.25, 0.3) is 0 Å². The van der Waals surface area contributed by atoms with Crippen LogP contribution in [0.15, 0.2) is 66.0 Å². The second-order valence-electron chi connectivity index (χ2n) is 7.63. The van der Waals surface area contributed by atoms with E-state index in [1.54, 1.807) is 11.3 Å². The van der Waals surface area contributed by atoms with Gasteiger partial charge in [0.1, 0.15) is 5.01 Å². The first-order valence-electron chi connectivity index (χ1n) is 10.3. The number of piperidine rings is 1. The molecule has 1 fully saturated rings. The number of benzene rings is 2. The number of thiazole rings is 1. The van der Waals surface area contributed by atoms with Crippen molar-refractivity contribution in [1.29, 1.82) is 0 Å². The van der Waals surface area contributed by atoms with E-state index in [0.29, 0.717) is 6.42 Å². The zero-order valence-corrected chi connectivity index (χ0v) is 17.4. The van der Waals surface area contributed by atoms with Crippen molar-refractivity contribution in [2.45, 2.75) is 31.7 Å². The van der Waals surface area contributed by atoms with E-state index in [9.17, 15) is 4.79 Å². The van der Waals surface area contributed by atoms with E-state index < -0.39 is 0 Å². The number of rotatable bonds is 7. The summed E-state index contributed by atoms with van der Waals surface area (Å²) in [4.78, 5) is 19.7. The number of nitrogens with one attached hydrogen (secondary N) is 1. The number of carbonyl (C=O) groups excluding carboxylic acids is 1. The summed E-state index contributed by atoms with van der Waals surface area (Å²) in [6.07, 6.45) is 3.60. The quantitative estimate of drug-likeness (QED) is 0.641. The van der Waals surface area contributed by atoms with Crippen LogP contribution >= 0.6 is 11.3 Å². The van der Waals surface area contributed by atoms with E-state index in [4.69, 9.17) is 0 Å². The van der Waals surface area contributed by atoms with Gasteiger partial charge in [-0.1, -0.05) is 60.7 Å². The fourth-order valence-corrected chi connectivity index (χ4v) is 4.68. The van der Waals surface area contributed by atoms with Gasteiger partial charge >= 0.3 is 0 Å². The number of hydrogen-bond acceptors (Lipinski definition) is 4. The molecule has 0 saturated carbocycles. The molecular weight excluding hydrogens is 378 g/mol. The Kier molecular flexibility index (Phi) is 6.70. The Morgan fingerprint density at radius 2 is 1.86 bits per heavy atom. The molecule has 0 spiro atoms. The molecule has 4 rings (SSSR count). The van der Waals surface area contributed by atoms with Crippen molar-refractivity contribution in [3.05, 3.63) is 77.3 Å². The molecular formula is C24H27N3OS. The van der Waals surface area contributed by atoms with Crippen LogP contribution in [0.1, 0.15) is 24.1 Å². The minimum Gasteiger partial charge on any atom is -0.352 e. The lowest BCUT2D eigenvalue weighted by atomic mass is 10.0. The Morgan fingerprint density at radius 1 is 1.10 bits per heavy atom. The summed E-state index contributed by atoms with van der Waals surface area (Å²) in [6, 6.07) is 21.0. The molecule has 1 aliphatic rings. The molecule has 0 aliphatic carbocycles. The van der Waals surface area contributed by atoms with E-state index in [0.717, 1.165) is 55.2 Å². The van der Waals surface area contributed by atoms with Crippen molar-refractivity contribution in [3.8, 4) is 10.6 Å². The van der Waals surface area contributed by atoms with E-state index in [2.05, 4.69) is 57.7 Å². The minimum atomic E-state index is 0.0739. The van der Waals surface area contributed by atoms with Crippen LogP contribution in [0.2, 0.25) is 0 Å². The lowest BCUT2D eigenvalue weighted by molar-refractivity contribution is -0.121. The Morgan fingerprint density at radius 3 is 2.66 bits per heavy atom. The highest BCUT2D eigenvalue weighted by atomic mass is 32.1. The summed E-state index contributed by atoms with van der Waals surface area (Å²) in [5.74, 6) is 0.0739. The maximum Gasteiger partial charge on any atom is 0.226 e. The zero-order valence-electron chi connectivity index (χ0n) is 16.6. The third kappa shape index (κ3) is 5.75. The van der Waals surface area contributed by atoms with Crippen LogP contribution in [0, 0.1) is 0 Å². The number of amides is 1. The van der Waals surface area contributed by atoms with Gasteiger partial charge in [-0.15, -0.1) is 11.3 Å². The first-order valence-corrected chi connectivity index (χ1v) is 11.2. The average molecular weight is 406 g/mol. The molecule has 2 aromatic carbocycles. The third-order valence-electron chi connectivity index (χ3n) is 5.34. The molecule has 5 heteroatoms. The smallest absolute Gasteiger partial charge is 0.226 e. The fraction of sp³-hybridized carbons (Fsp3) is 0.333. The van der Waals surface area contributed by atoms with Crippen molar-refractivity contribution in [3.63, 3.8) is 0 Å². The number of likely N-dealkylation sites (tertiary alicyclic amines) is 1. The molecule has 1 amide bonds. The third-order valence-corrected chi connectivity index (χ3v) is 6.28. The summed E-state index contributed by atoms with van der Waals surface area (Å²) in [5, 5.41) is 6.19. The molecule has 1 saturated heterocycles. The highest BCUT2D eigenvalue weighted by Crippen LogP contribution is 2.23. The van der Waals surface area contributed by atoms with Crippen LogP contribution in [-0.4, -0.2) is 41.5 Å². The van der Waals surface area contributed by atoms with Crippen molar-refractivity contribution >= 4 is 17.2 Å². The van der Waals surface area contributed by atoms with Gasteiger partial charge in [-0.3, -0.25) is 4.79 Å². The molecule has 29 heavy (non-hydrogen) atoms. The van der Waals surface area contributed by atoms with Gasteiger partial charge in [-0.25, -0.2) is 4.98 Å². The number of aromatic nitrogens is 1. The second-order valence-corrected chi connectivity index (χ2v) is 8.49. The molecule has 0 unspecified atom stereocenters. The van der Waals surface area contributed by atoms with E-state index in [1.807, 2.05) is 23.6 Å². The van der Waals surface area contributed by atoms with Crippen molar-refractivity contribution in [2.24, 2.45) is 0 Å². The van der Waals surface area contributed by atoms with Gasteiger partial charge in [-0.05, 0) is 31.4 Å². The summed E-state index contributed by atoms with van der Waals surface area (Å²) < 4.78 is 0. The van der Waals surface area contributed by atoms with E-state index >= 15 is 0 Å². The van der Waals surface area contributed by atoms with Crippen LogP contribution in [0.5, 0.6) is 0 Å². The molecule has 4 nitrogen and oxygen atoms in total. The van der Waals surface area contributed by atoms with Crippen LogP contribution < -0.4 is 5.32 Å². The van der Waals surface area contributed by atoms with E-state index in [1.165, 1.54) is 5.56 Å². The lowest BCUT2D eigenvalue weighted by Gasteiger charge is -2.33. The highest BCUT2D eigenvalue weighted by molar-refractivity contribution is 7.13. The first-order chi connectivity index (χ1) is 14.3. The largest absolute Gasteiger partial charge is 0.352 e. The average Bonchev–Trinajstić information content (AvgIpc) is 3.22. The zero-order chi connectivity index (χ0) is 19.9. The van der Waals surface area contributed by atoms with Crippen molar-refractivity contribution in [1.82, 2.24) is 15.2 Å². The SMILES string of the molecule is O=C(Cc1csc(-c2ccccc2)n1)N[C@H]1CCCN(CCc2ccccc2)C1. The Labute approximate surface area is 176 Å². The molecule has 150 valence electrons. The summed E-state index contributed by atoms with van der Waals surface area (Å²) in [5.41, 5.74) is 3.32. The molecule has 1 aromatic heterocycles. The van der Waals surface area contributed by atoms with Gasteiger partial charge in [-0.2, -0.15) is 0 Å². The second kappa shape index (κ2) is 9.81. The molecule has 1 aliphatic heterocycles. The van der Waals surface area contributed by atoms with Gasteiger partial charge < -0.3 is 10.2 Å². The Hall–Kier alpha value is -2.50. The van der Waals surface area contributed by atoms with Crippen LogP contribution in [0.3, 0.4) is 0 Å². The predicted molar refractivity (Wildman–Crippen MR) is 119 cm³/mol. The van der Waals surface area contributed by atoms with Gasteiger partial charge in [0.05, 0.1) is 12.1 Å². The van der Waals surface area contributed by atoms with E-state index in [-0.39, 0.29) is 11.9 Å². The lowest BCUT2D eigenvalue weighted by Crippen LogP contribution is -2.48. The summed E-state index contributed by atoms with van der Waals surface area (Å²) in [6.45, 7) is 3.10. The molecule has 3 aromatic rings. The number of hydrogen-bond donors (Lipinski definition) is 1. The minimum absolute atomic E-state index is 0.0739. The van der Waals surface area contributed by atoms with Crippen molar-refractivity contribution in [2.75, 3.05) is 19.6 Å². The molecule has 1 atom stereocenters. The summed E-state index contributed by atoms with van der Waals surface area (Å²) >= 11 is 1.60. The number of carbonyl (C=O) groups is 1. The molecule has 0 bridgehead atoms. The van der Waals surface area contributed by atoms with Crippen LogP contribution in [0.4, 0.5) is 0 Å². The van der Waals surface area contributed by atoms with Gasteiger partial charge in [0.2, 0.25) is 5.91 Å². The standard InChI is InChI=1S/C24H27N3OS/c28-23(16-22-18-29-24(26-22)20-10-5-2-6-11-20)25-21-12-7-14-27(17-21)15-13-19-8-3-1-4-9-19/h1-6,8-11,18,21H,7,12-17H2,(H,25,28)/t21-/m0/s1. The highest BCUT2D eigenvalue weighted by Gasteiger charge is 2.21.